The highest BCUT2D eigenvalue weighted by atomic mass is 16.5. The van der Waals surface area contributed by atoms with Gasteiger partial charge in [-0.1, -0.05) is 72.8 Å². The number of hydrogen-bond donors (Lipinski definition) is 0. The van der Waals surface area contributed by atoms with Crippen LogP contribution in [0.1, 0.15) is 22.3 Å². The van der Waals surface area contributed by atoms with Crippen molar-refractivity contribution in [2.24, 2.45) is 0 Å². The van der Waals surface area contributed by atoms with Gasteiger partial charge in [0, 0.05) is 13.1 Å². The minimum Gasteiger partial charge on any atom is -0.496 e. The fraction of sp³-hybridized carbons (Fsp3) is 0.208. The molecule has 0 bridgehead atoms. The predicted octanol–water partition coefficient (Wildman–Crippen LogP) is 4.78. The summed E-state index contributed by atoms with van der Waals surface area (Å²) in [4.78, 5) is 15.0. The van der Waals surface area contributed by atoms with Crippen molar-refractivity contribution in [3.8, 4) is 5.75 Å². The number of aryl methyl sites for hydroxylation is 1. The lowest BCUT2D eigenvalue weighted by atomic mass is 10.1. The van der Waals surface area contributed by atoms with Gasteiger partial charge in [0.2, 0.25) is 5.91 Å². The molecule has 3 nitrogen and oxygen atoms in total. The highest BCUT2D eigenvalue weighted by Gasteiger charge is 2.16. The van der Waals surface area contributed by atoms with Crippen molar-refractivity contribution in [1.82, 2.24) is 4.90 Å². The van der Waals surface area contributed by atoms with Gasteiger partial charge in [0.05, 0.1) is 13.5 Å². The van der Waals surface area contributed by atoms with Crippen molar-refractivity contribution < 1.29 is 9.53 Å². The molecule has 0 spiro atoms. The SMILES string of the molecule is COc1ccc(CC(=O)N(Cc2ccccc2)Cc2ccccc2)cc1C. The van der Waals surface area contributed by atoms with Crippen LogP contribution >= 0.6 is 0 Å². The molecule has 0 radical (unpaired) electrons. The molecular weight excluding hydrogens is 334 g/mol. The predicted molar refractivity (Wildman–Crippen MR) is 109 cm³/mol. The minimum absolute atomic E-state index is 0.118. The third-order valence-electron chi connectivity index (χ3n) is 4.60. The monoisotopic (exact) mass is 359 g/mol. The Bertz CT molecular complexity index is 834. The van der Waals surface area contributed by atoms with Crippen molar-refractivity contribution in [2.45, 2.75) is 26.4 Å². The number of carbonyl (C=O) groups excluding carboxylic acids is 1. The average Bonchev–Trinajstić information content (AvgIpc) is 2.69. The number of hydrogen-bond acceptors (Lipinski definition) is 2. The number of amides is 1. The van der Waals surface area contributed by atoms with E-state index in [-0.39, 0.29) is 5.91 Å². The van der Waals surface area contributed by atoms with Crippen LogP contribution in [0.2, 0.25) is 0 Å². The summed E-state index contributed by atoms with van der Waals surface area (Å²) in [6.45, 7) is 3.20. The molecule has 0 atom stereocenters. The number of nitrogens with zero attached hydrogens (tertiary/aromatic N) is 1. The first-order chi connectivity index (χ1) is 13.2. The van der Waals surface area contributed by atoms with Crippen LogP contribution in [0.3, 0.4) is 0 Å². The van der Waals surface area contributed by atoms with Gasteiger partial charge in [0.15, 0.2) is 0 Å². The molecule has 0 aliphatic carbocycles. The largest absolute Gasteiger partial charge is 0.496 e. The van der Waals surface area contributed by atoms with Crippen LogP contribution in [-0.4, -0.2) is 17.9 Å². The summed E-state index contributed by atoms with van der Waals surface area (Å²) in [5, 5.41) is 0. The molecule has 3 aromatic rings. The molecule has 0 aromatic heterocycles. The molecule has 3 rings (SSSR count). The molecule has 3 heteroatoms. The molecule has 3 aromatic carbocycles. The first-order valence-electron chi connectivity index (χ1n) is 9.15. The normalized spacial score (nSPS) is 10.4. The second-order valence-corrected chi connectivity index (χ2v) is 6.70. The molecule has 0 heterocycles. The van der Waals surface area contributed by atoms with Gasteiger partial charge >= 0.3 is 0 Å². The lowest BCUT2D eigenvalue weighted by Gasteiger charge is -2.23. The van der Waals surface area contributed by atoms with Gasteiger partial charge in [0.1, 0.15) is 5.75 Å². The summed E-state index contributed by atoms with van der Waals surface area (Å²) in [5.41, 5.74) is 4.31. The highest BCUT2D eigenvalue weighted by Crippen LogP contribution is 2.20. The van der Waals surface area contributed by atoms with Gasteiger partial charge in [-0.25, -0.2) is 0 Å². The maximum Gasteiger partial charge on any atom is 0.227 e. The van der Waals surface area contributed by atoms with E-state index in [1.165, 1.54) is 0 Å². The number of carbonyl (C=O) groups is 1. The minimum atomic E-state index is 0.118. The Kier molecular flexibility index (Phi) is 6.26. The van der Waals surface area contributed by atoms with Gasteiger partial charge in [0.25, 0.3) is 0 Å². The average molecular weight is 359 g/mol. The van der Waals surface area contributed by atoms with Crippen LogP contribution in [0.15, 0.2) is 78.9 Å². The van der Waals surface area contributed by atoms with Gasteiger partial charge in [-0.05, 0) is 35.2 Å². The van der Waals surface area contributed by atoms with E-state index in [0.29, 0.717) is 19.5 Å². The first kappa shape index (κ1) is 18.7. The fourth-order valence-electron chi connectivity index (χ4n) is 3.18. The summed E-state index contributed by atoms with van der Waals surface area (Å²) in [7, 11) is 1.66. The molecule has 27 heavy (non-hydrogen) atoms. The summed E-state index contributed by atoms with van der Waals surface area (Å²) in [6.07, 6.45) is 0.379. The van der Waals surface area contributed by atoms with Crippen LogP contribution in [0.4, 0.5) is 0 Å². The quantitative estimate of drug-likeness (QED) is 0.608. The van der Waals surface area contributed by atoms with E-state index < -0.39 is 0 Å². The Balaban J connectivity index is 1.78. The van der Waals surface area contributed by atoms with Gasteiger partial charge < -0.3 is 9.64 Å². The molecule has 0 saturated carbocycles. The number of ether oxygens (including phenoxy) is 1. The second-order valence-electron chi connectivity index (χ2n) is 6.70. The Morgan fingerprint density at radius 2 is 1.37 bits per heavy atom. The van der Waals surface area contributed by atoms with Crippen LogP contribution < -0.4 is 4.74 Å². The first-order valence-corrected chi connectivity index (χ1v) is 9.15. The zero-order valence-corrected chi connectivity index (χ0v) is 15.9. The standard InChI is InChI=1S/C24H25NO2/c1-19-15-22(13-14-23(19)27-2)16-24(26)25(17-20-9-5-3-6-10-20)18-21-11-7-4-8-12-21/h3-15H,16-18H2,1-2H3. The molecule has 0 aliphatic rings. The third-order valence-corrected chi connectivity index (χ3v) is 4.60. The topological polar surface area (TPSA) is 29.5 Å². The van der Waals surface area contributed by atoms with E-state index in [1.807, 2.05) is 66.4 Å². The van der Waals surface area contributed by atoms with E-state index in [1.54, 1.807) is 7.11 Å². The molecule has 138 valence electrons. The summed E-state index contributed by atoms with van der Waals surface area (Å²) < 4.78 is 5.32. The molecule has 0 saturated heterocycles. The van der Waals surface area contributed by atoms with Gasteiger partial charge in [-0.15, -0.1) is 0 Å². The van der Waals surface area contributed by atoms with Crippen LogP contribution in [0.25, 0.3) is 0 Å². The number of rotatable bonds is 7. The van der Waals surface area contributed by atoms with Gasteiger partial charge in [-0.3, -0.25) is 4.79 Å². The summed E-state index contributed by atoms with van der Waals surface area (Å²) >= 11 is 0. The van der Waals surface area contributed by atoms with Crippen molar-refractivity contribution in [3.63, 3.8) is 0 Å². The molecule has 0 N–H and O–H groups in total. The Morgan fingerprint density at radius 1 is 0.815 bits per heavy atom. The van der Waals surface area contributed by atoms with E-state index in [4.69, 9.17) is 4.74 Å². The third kappa shape index (κ3) is 5.20. The Morgan fingerprint density at radius 3 is 1.85 bits per heavy atom. The van der Waals surface area contributed by atoms with Crippen molar-refractivity contribution in [1.29, 1.82) is 0 Å². The maximum atomic E-state index is 13.1. The lowest BCUT2D eigenvalue weighted by molar-refractivity contribution is -0.131. The zero-order valence-electron chi connectivity index (χ0n) is 15.9. The second kappa shape index (κ2) is 9.04. The lowest BCUT2D eigenvalue weighted by Crippen LogP contribution is -2.31. The molecule has 0 aliphatic heterocycles. The van der Waals surface area contributed by atoms with E-state index >= 15 is 0 Å². The molecule has 0 fully saturated rings. The van der Waals surface area contributed by atoms with Crippen LogP contribution in [0, 0.1) is 6.92 Å². The Labute approximate surface area is 161 Å². The number of methoxy groups -OCH3 is 1. The highest BCUT2D eigenvalue weighted by molar-refractivity contribution is 5.79. The smallest absolute Gasteiger partial charge is 0.227 e. The summed E-state index contributed by atoms with van der Waals surface area (Å²) in [6, 6.07) is 26.2. The fourth-order valence-corrected chi connectivity index (χ4v) is 3.18. The zero-order chi connectivity index (χ0) is 19.1. The van der Waals surface area contributed by atoms with E-state index in [2.05, 4.69) is 24.3 Å². The van der Waals surface area contributed by atoms with E-state index in [9.17, 15) is 4.79 Å². The summed E-state index contributed by atoms with van der Waals surface area (Å²) in [5.74, 6) is 0.962. The molecule has 1 amide bonds. The Hall–Kier alpha value is -3.07. The van der Waals surface area contributed by atoms with Crippen LogP contribution in [0.5, 0.6) is 5.75 Å². The van der Waals surface area contributed by atoms with Crippen molar-refractivity contribution in [2.75, 3.05) is 7.11 Å². The van der Waals surface area contributed by atoms with Crippen molar-refractivity contribution in [3.05, 3.63) is 101 Å². The number of benzene rings is 3. The van der Waals surface area contributed by atoms with Crippen LogP contribution in [-0.2, 0) is 24.3 Å². The maximum absolute atomic E-state index is 13.1. The molecular formula is C24H25NO2. The van der Waals surface area contributed by atoms with E-state index in [0.717, 1.165) is 28.0 Å². The molecule has 0 unspecified atom stereocenters. The van der Waals surface area contributed by atoms with Crippen molar-refractivity contribution >= 4 is 5.91 Å². The van der Waals surface area contributed by atoms with Gasteiger partial charge in [-0.2, -0.15) is 0 Å².